The van der Waals surface area contributed by atoms with Crippen LogP contribution in [0.2, 0.25) is 15.1 Å². The average Bonchev–Trinajstić information content (AvgIpc) is 2.75. The molecule has 0 aliphatic heterocycles. The maximum absolute atomic E-state index is 12.6. The summed E-state index contributed by atoms with van der Waals surface area (Å²) in [7, 11) is 0. The van der Waals surface area contributed by atoms with Gasteiger partial charge in [-0.05, 0) is 60.5 Å². The normalized spacial score (nSPS) is 11.0. The first kappa shape index (κ1) is 23.7. The number of nitrogens with one attached hydrogen (secondary N) is 1. The lowest BCUT2D eigenvalue weighted by molar-refractivity contribution is -0.112. The monoisotopic (exact) mass is 484 g/mol. The van der Waals surface area contributed by atoms with Crippen molar-refractivity contribution in [2.75, 3.05) is 11.9 Å². The molecule has 4 nitrogen and oxygen atoms in total. The van der Waals surface area contributed by atoms with Crippen molar-refractivity contribution >= 4 is 52.5 Å². The fourth-order valence-corrected chi connectivity index (χ4v) is 3.76. The lowest BCUT2D eigenvalue weighted by atomic mass is 10.0. The highest BCUT2D eigenvalue weighted by Crippen LogP contribution is 2.33. The maximum atomic E-state index is 12.6. The van der Waals surface area contributed by atoms with Gasteiger partial charge in [0, 0.05) is 32.7 Å². The Labute approximate surface area is 202 Å². The molecule has 0 saturated heterocycles. The van der Waals surface area contributed by atoms with Gasteiger partial charge in [-0.15, -0.1) is 0 Å². The molecule has 3 aromatic rings. The second kappa shape index (κ2) is 11.1. The summed E-state index contributed by atoms with van der Waals surface area (Å²) in [6.45, 7) is 2.30. The number of carbonyl (C=O) groups is 1. The van der Waals surface area contributed by atoms with Crippen molar-refractivity contribution in [2.45, 2.75) is 13.3 Å². The maximum Gasteiger partial charge on any atom is 0.266 e. The van der Waals surface area contributed by atoms with Gasteiger partial charge in [-0.3, -0.25) is 4.79 Å². The van der Waals surface area contributed by atoms with E-state index in [1.54, 1.807) is 36.4 Å². The fourth-order valence-electron chi connectivity index (χ4n) is 3.08. The van der Waals surface area contributed by atoms with Crippen LogP contribution in [0.5, 0.6) is 5.75 Å². The van der Waals surface area contributed by atoms with Gasteiger partial charge in [-0.2, -0.15) is 5.26 Å². The van der Waals surface area contributed by atoms with Crippen molar-refractivity contribution in [3.8, 4) is 11.8 Å². The van der Waals surface area contributed by atoms with E-state index in [2.05, 4.69) is 5.32 Å². The number of hydrogen-bond acceptors (Lipinski definition) is 3. The van der Waals surface area contributed by atoms with Crippen molar-refractivity contribution in [3.05, 3.63) is 98.0 Å². The van der Waals surface area contributed by atoms with Crippen molar-refractivity contribution in [3.63, 3.8) is 0 Å². The molecule has 0 spiro atoms. The second-order valence-electron chi connectivity index (χ2n) is 6.81. The Bertz CT molecular complexity index is 1220. The standard InChI is InChI=1S/C25H19Cl3N2O2/c1-2-32-24-12-16(11-23(28)21(24)13-17-6-3-4-9-22(17)27)10-18(15-29)25(31)30-20-8-5-7-19(26)14-20/h3-12,14H,2,13H2,1H3,(H,30,31)/b18-10+. The zero-order valence-corrected chi connectivity index (χ0v) is 19.4. The molecule has 0 saturated carbocycles. The zero-order valence-electron chi connectivity index (χ0n) is 17.2. The van der Waals surface area contributed by atoms with Crippen LogP contribution < -0.4 is 10.1 Å². The van der Waals surface area contributed by atoms with Crippen LogP contribution in [0.25, 0.3) is 6.08 Å². The number of carbonyl (C=O) groups excluding carboxylic acids is 1. The number of amides is 1. The molecule has 3 aromatic carbocycles. The number of rotatable bonds is 7. The van der Waals surface area contributed by atoms with E-state index >= 15 is 0 Å². The molecule has 0 fully saturated rings. The Hall–Kier alpha value is -2.97. The van der Waals surface area contributed by atoms with Crippen LogP contribution in [0.15, 0.2) is 66.2 Å². The minimum absolute atomic E-state index is 0.0812. The fraction of sp³-hybridized carbons (Fsp3) is 0.120. The molecule has 3 rings (SSSR count). The molecule has 162 valence electrons. The Balaban J connectivity index is 1.92. The van der Waals surface area contributed by atoms with Crippen LogP contribution in [0.1, 0.15) is 23.6 Å². The van der Waals surface area contributed by atoms with Crippen LogP contribution in [-0.4, -0.2) is 12.5 Å². The van der Waals surface area contributed by atoms with Crippen LogP contribution >= 0.6 is 34.8 Å². The summed E-state index contributed by atoms with van der Waals surface area (Å²) in [4.78, 5) is 12.6. The molecule has 0 atom stereocenters. The number of halogens is 3. The van der Waals surface area contributed by atoms with Crippen molar-refractivity contribution in [2.24, 2.45) is 0 Å². The number of ether oxygens (including phenoxy) is 1. The van der Waals surface area contributed by atoms with Crippen LogP contribution in [-0.2, 0) is 11.2 Å². The smallest absolute Gasteiger partial charge is 0.266 e. The van der Waals surface area contributed by atoms with Gasteiger partial charge in [-0.25, -0.2) is 0 Å². The van der Waals surface area contributed by atoms with Gasteiger partial charge in [-0.1, -0.05) is 59.1 Å². The van der Waals surface area contributed by atoms with Crippen molar-refractivity contribution in [1.82, 2.24) is 0 Å². The molecule has 0 radical (unpaired) electrons. The van der Waals surface area contributed by atoms with Gasteiger partial charge in [0.05, 0.1) is 6.61 Å². The van der Waals surface area contributed by atoms with E-state index in [9.17, 15) is 10.1 Å². The SMILES string of the molecule is CCOc1cc(/C=C(\C#N)C(=O)Nc2cccc(Cl)c2)cc(Cl)c1Cc1ccccc1Cl. The number of nitrogens with zero attached hydrogens (tertiary/aromatic N) is 1. The van der Waals surface area contributed by atoms with E-state index in [0.29, 0.717) is 45.1 Å². The number of anilines is 1. The second-order valence-corrected chi connectivity index (χ2v) is 8.07. The number of benzene rings is 3. The largest absolute Gasteiger partial charge is 0.494 e. The van der Waals surface area contributed by atoms with E-state index in [1.807, 2.05) is 37.3 Å². The Kier molecular flexibility index (Phi) is 8.19. The highest BCUT2D eigenvalue weighted by Gasteiger charge is 2.15. The van der Waals surface area contributed by atoms with E-state index in [4.69, 9.17) is 39.5 Å². The van der Waals surface area contributed by atoms with Crippen molar-refractivity contribution < 1.29 is 9.53 Å². The summed E-state index contributed by atoms with van der Waals surface area (Å²) < 4.78 is 5.80. The third kappa shape index (κ3) is 6.05. The molecular weight excluding hydrogens is 467 g/mol. The first-order valence-electron chi connectivity index (χ1n) is 9.78. The molecule has 0 unspecified atom stereocenters. The van der Waals surface area contributed by atoms with Crippen LogP contribution in [0.4, 0.5) is 5.69 Å². The van der Waals surface area contributed by atoms with Gasteiger partial charge >= 0.3 is 0 Å². The van der Waals surface area contributed by atoms with Gasteiger partial charge in [0.25, 0.3) is 5.91 Å². The third-order valence-electron chi connectivity index (χ3n) is 4.56. The summed E-state index contributed by atoms with van der Waals surface area (Å²) in [6, 6.07) is 19.6. The van der Waals surface area contributed by atoms with E-state index < -0.39 is 5.91 Å². The van der Waals surface area contributed by atoms with E-state index in [-0.39, 0.29) is 5.57 Å². The first-order valence-corrected chi connectivity index (χ1v) is 10.9. The quantitative estimate of drug-likeness (QED) is 0.285. The molecule has 0 aliphatic carbocycles. The Morgan fingerprint density at radius 3 is 2.53 bits per heavy atom. The first-order chi connectivity index (χ1) is 15.4. The molecule has 0 heterocycles. The summed E-state index contributed by atoms with van der Waals surface area (Å²) >= 11 is 18.8. The highest BCUT2D eigenvalue weighted by molar-refractivity contribution is 6.32. The number of hydrogen-bond donors (Lipinski definition) is 1. The Morgan fingerprint density at radius 2 is 1.84 bits per heavy atom. The highest BCUT2D eigenvalue weighted by atomic mass is 35.5. The van der Waals surface area contributed by atoms with Crippen molar-refractivity contribution in [1.29, 1.82) is 5.26 Å². The topological polar surface area (TPSA) is 62.1 Å². The summed E-state index contributed by atoms with van der Waals surface area (Å²) in [5.74, 6) is 0.0164. The van der Waals surface area contributed by atoms with E-state index in [1.165, 1.54) is 6.08 Å². The lowest BCUT2D eigenvalue weighted by Gasteiger charge is -2.14. The van der Waals surface area contributed by atoms with Gasteiger partial charge in [0.2, 0.25) is 0 Å². The molecule has 32 heavy (non-hydrogen) atoms. The minimum Gasteiger partial charge on any atom is -0.494 e. The summed E-state index contributed by atoms with van der Waals surface area (Å²) in [6.07, 6.45) is 1.95. The van der Waals surface area contributed by atoms with Gasteiger partial charge < -0.3 is 10.1 Å². The van der Waals surface area contributed by atoms with Crippen LogP contribution in [0.3, 0.4) is 0 Å². The molecular formula is C25H19Cl3N2O2. The van der Waals surface area contributed by atoms with Crippen LogP contribution in [0, 0.1) is 11.3 Å². The average molecular weight is 486 g/mol. The third-order valence-corrected chi connectivity index (χ3v) is 5.50. The van der Waals surface area contributed by atoms with Gasteiger partial charge in [0.15, 0.2) is 0 Å². The Morgan fingerprint density at radius 1 is 1.06 bits per heavy atom. The summed E-state index contributed by atoms with van der Waals surface area (Å²) in [5, 5.41) is 13.8. The number of nitriles is 1. The molecule has 0 aliphatic rings. The van der Waals surface area contributed by atoms with Gasteiger partial charge in [0.1, 0.15) is 17.4 Å². The summed E-state index contributed by atoms with van der Waals surface area (Å²) in [5.41, 5.74) is 2.67. The zero-order chi connectivity index (χ0) is 23.1. The van der Waals surface area contributed by atoms with E-state index in [0.717, 1.165) is 11.1 Å². The predicted octanol–water partition coefficient (Wildman–Crippen LogP) is 7.18. The molecule has 0 aromatic heterocycles. The minimum atomic E-state index is -0.552. The predicted molar refractivity (Wildman–Crippen MR) is 131 cm³/mol. The molecule has 1 N–H and O–H groups in total. The molecule has 7 heteroatoms. The molecule has 1 amide bonds. The lowest BCUT2D eigenvalue weighted by Crippen LogP contribution is -2.13. The molecule has 0 bridgehead atoms.